The zero-order valence-electron chi connectivity index (χ0n) is 12.3. The van der Waals surface area contributed by atoms with Crippen LogP contribution >= 0.6 is 0 Å². The predicted octanol–water partition coefficient (Wildman–Crippen LogP) is 1.33. The Morgan fingerprint density at radius 3 is 2.55 bits per heavy atom. The Labute approximate surface area is 120 Å². The number of hydrogen-bond donors (Lipinski definition) is 0. The lowest BCUT2D eigenvalue weighted by Crippen LogP contribution is -2.34. The summed E-state index contributed by atoms with van der Waals surface area (Å²) in [5.74, 6) is 0.907. The lowest BCUT2D eigenvalue weighted by Gasteiger charge is -2.26. The number of likely N-dealkylation sites (N-methyl/N-ethyl adjacent to an activating group) is 1. The summed E-state index contributed by atoms with van der Waals surface area (Å²) in [6.45, 7) is 4.94. The molecule has 0 saturated heterocycles. The van der Waals surface area contributed by atoms with Gasteiger partial charge in [-0.15, -0.1) is 0 Å². The predicted molar refractivity (Wildman–Crippen MR) is 78.1 cm³/mol. The minimum absolute atomic E-state index is 0.641. The molecule has 1 aliphatic rings. The van der Waals surface area contributed by atoms with E-state index in [-0.39, 0.29) is 0 Å². The molecule has 0 N–H and O–H groups in total. The molecular weight excluding hydrogens is 254 g/mol. The van der Waals surface area contributed by atoms with E-state index < -0.39 is 0 Å². The van der Waals surface area contributed by atoms with Gasteiger partial charge in [0, 0.05) is 32.0 Å². The maximum absolute atomic E-state index is 5.62. The Balaban J connectivity index is 1.94. The lowest BCUT2D eigenvalue weighted by molar-refractivity contribution is 0.0674. The van der Waals surface area contributed by atoms with Crippen molar-refractivity contribution >= 4 is 0 Å². The van der Waals surface area contributed by atoms with Crippen LogP contribution in [0.4, 0.5) is 0 Å². The van der Waals surface area contributed by atoms with Crippen molar-refractivity contribution in [2.45, 2.75) is 6.54 Å². The van der Waals surface area contributed by atoms with Crippen molar-refractivity contribution in [1.82, 2.24) is 14.8 Å². The van der Waals surface area contributed by atoms with Crippen LogP contribution in [-0.2, 0) is 16.0 Å². The average Bonchev–Trinajstić information content (AvgIpc) is 2.47. The normalized spacial score (nSPS) is 14.9. The number of nitrogens with zero attached hydrogens (tertiary/aromatic N) is 3. The highest BCUT2D eigenvalue weighted by Gasteiger charge is 2.12. The lowest BCUT2D eigenvalue weighted by atomic mass is 10.2. The van der Waals surface area contributed by atoms with E-state index in [1.165, 1.54) is 5.56 Å². The first-order valence-corrected chi connectivity index (χ1v) is 6.93. The first kappa shape index (κ1) is 14.8. The Kier molecular flexibility index (Phi) is 5.83. The fraction of sp³-hybridized carbons (Fsp3) is 0.533. The van der Waals surface area contributed by atoms with Crippen LogP contribution in [0.5, 0.6) is 0 Å². The van der Waals surface area contributed by atoms with Crippen LogP contribution in [0.15, 0.2) is 36.5 Å². The van der Waals surface area contributed by atoms with E-state index >= 15 is 0 Å². The van der Waals surface area contributed by atoms with Crippen LogP contribution in [0.1, 0.15) is 5.56 Å². The van der Waals surface area contributed by atoms with Crippen molar-refractivity contribution in [1.29, 1.82) is 0 Å². The molecule has 1 aliphatic heterocycles. The summed E-state index contributed by atoms with van der Waals surface area (Å²) in [7, 11) is 4.17. The maximum Gasteiger partial charge on any atom is 0.144 e. The van der Waals surface area contributed by atoms with E-state index in [0.29, 0.717) is 13.2 Å². The van der Waals surface area contributed by atoms with Crippen LogP contribution in [-0.4, -0.2) is 61.7 Å². The third-order valence-electron chi connectivity index (χ3n) is 3.10. The monoisotopic (exact) mass is 277 g/mol. The molecule has 0 atom stereocenters. The van der Waals surface area contributed by atoms with E-state index in [4.69, 9.17) is 9.47 Å². The van der Waals surface area contributed by atoms with Gasteiger partial charge in [0.05, 0.1) is 6.54 Å². The Hall–Kier alpha value is -1.59. The first-order valence-electron chi connectivity index (χ1n) is 6.93. The molecule has 20 heavy (non-hydrogen) atoms. The van der Waals surface area contributed by atoms with Crippen molar-refractivity contribution in [3.8, 4) is 0 Å². The van der Waals surface area contributed by atoms with Gasteiger partial charge in [0.2, 0.25) is 0 Å². The summed E-state index contributed by atoms with van der Waals surface area (Å²) in [6, 6.07) is 4.10. The van der Waals surface area contributed by atoms with Crippen LogP contribution < -0.4 is 0 Å². The topological polar surface area (TPSA) is 37.8 Å². The minimum atomic E-state index is 0.641. The SMILES string of the molecule is CN(C)CCN(CC1=COCCO1)Cc1ccncc1. The molecule has 0 saturated carbocycles. The summed E-state index contributed by atoms with van der Waals surface area (Å²) >= 11 is 0. The molecule has 1 aromatic rings. The van der Waals surface area contributed by atoms with E-state index in [1.54, 1.807) is 6.26 Å². The van der Waals surface area contributed by atoms with Crippen molar-refractivity contribution < 1.29 is 9.47 Å². The number of hydrogen-bond acceptors (Lipinski definition) is 5. The van der Waals surface area contributed by atoms with Gasteiger partial charge >= 0.3 is 0 Å². The summed E-state index contributed by atoms with van der Waals surface area (Å²) in [4.78, 5) is 8.60. The smallest absolute Gasteiger partial charge is 0.144 e. The number of pyridine rings is 1. The molecule has 0 aliphatic carbocycles. The van der Waals surface area contributed by atoms with Crippen molar-refractivity contribution in [2.24, 2.45) is 0 Å². The van der Waals surface area contributed by atoms with E-state index in [9.17, 15) is 0 Å². The zero-order valence-corrected chi connectivity index (χ0v) is 12.3. The zero-order chi connectivity index (χ0) is 14.2. The molecule has 0 aromatic carbocycles. The Bertz CT molecular complexity index is 420. The van der Waals surface area contributed by atoms with Crippen LogP contribution in [0.2, 0.25) is 0 Å². The highest BCUT2D eigenvalue weighted by atomic mass is 16.6. The van der Waals surface area contributed by atoms with Gasteiger partial charge in [-0.05, 0) is 31.8 Å². The second kappa shape index (κ2) is 7.87. The van der Waals surface area contributed by atoms with E-state index in [2.05, 4.69) is 41.0 Å². The fourth-order valence-electron chi connectivity index (χ4n) is 2.01. The molecule has 0 fully saturated rings. The minimum Gasteiger partial charge on any atom is -0.494 e. The molecule has 0 amide bonds. The van der Waals surface area contributed by atoms with Crippen LogP contribution in [0.25, 0.3) is 0 Å². The van der Waals surface area contributed by atoms with Gasteiger partial charge in [0.15, 0.2) is 0 Å². The third kappa shape index (κ3) is 5.19. The Morgan fingerprint density at radius 2 is 1.90 bits per heavy atom. The average molecular weight is 277 g/mol. The molecule has 0 bridgehead atoms. The van der Waals surface area contributed by atoms with E-state index in [0.717, 1.165) is 31.9 Å². The second-order valence-electron chi connectivity index (χ2n) is 5.17. The van der Waals surface area contributed by atoms with Gasteiger partial charge in [-0.3, -0.25) is 9.88 Å². The highest BCUT2D eigenvalue weighted by Crippen LogP contribution is 2.10. The summed E-state index contributed by atoms with van der Waals surface area (Å²) < 4.78 is 10.9. The van der Waals surface area contributed by atoms with Crippen molar-refractivity contribution in [3.05, 3.63) is 42.1 Å². The Morgan fingerprint density at radius 1 is 1.10 bits per heavy atom. The third-order valence-corrected chi connectivity index (χ3v) is 3.10. The highest BCUT2D eigenvalue weighted by molar-refractivity contribution is 5.10. The van der Waals surface area contributed by atoms with Gasteiger partial charge in [-0.2, -0.15) is 0 Å². The molecule has 5 nitrogen and oxygen atoms in total. The second-order valence-corrected chi connectivity index (χ2v) is 5.17. The summed E-state index contributed by atoms with van der Waals surface area (Å²) in [6.07, 6.45) is 5.40. The molecule has 2 heterocycles. The van der Waals surface area contributed by atoms with Gasteiger partial charge in [-0.1, -0.05) is 0 Å². The van der Waals surface area contributed by atoms with Gasteiger partial charge in [-0.25, -0.2) is 0 Å². The number of rotatable bonds is 7. The molecule has 110 valence electrons. The molecule has 0 spiro atoms. The first-order chi connectivity index (χ1) is 9.74. The summed E-state index contributed by atoms with van der Waals surface area (Å²) in [5, 5.41) is 0. The standard InChI is InChI=1S/C15H23N3O2/c1-17(2)7-8-18(11-14-3-5-16-6-4-14)12-15-13-19-9-10-20-15/h3-6,13H,7-12H2,1-2H3. The summed E-state index contributed by atoms with van der Waals surface area (Å²) in [5.41, 5.74) is 1.26. The van der Waals surface area contributed by atoms with Crippen LogP contribution in [0, 0.1) is 0 Å². The molecule has 5 heteroatoms. The number of ether oxygens (including phenoxy) is 2. The van der Waals surface area contributed by atoms with Gasteiger partial charge < -0.3 is 14.4 Å². The van der Waals surface area contributed by atoms with Crippen LogP contribution in [0.3, 0.4) is 0 Å². The molecule has 0 unspecified atom stereocenters. The number of aromatic nitrogens is 1. The largest absolute Gasteiger partial charge is 0.494 e. The van der Waals surface area contributed by atoms with Gasteiger partial charge in [0.25, 0.3) is 0 Å². The molecule has 2 rings (SSSR count). The molecule has 1 aromatic heterocycles. The molecular formula is C15H23N3O2. The van der Waals surface area contributed by atoms with Crippen molar-refractivity contribution in [2.75, 3.05) is 46.9 Å². The van der Waals surface area contributed by atoms with E-state index in [1.807, 2.05) is 12.4 Å². The van der Waals surface area contributed by atoms with Crippen molar-refractivity contribution in [3.63, 3.8) is 0 Å². The van der Waals surface area contributed by atoms with Gasteiger partial charge in [0.1, 0.15) is 25.2 Å². The molecule has 0 radical (unpaired) electrons. The maximum atomic E-state index is 5.62. The fourth-order valence-corrected chi connectivity index (χ4v) is 2.01. The quantitative estimate of drug-likeness (QED) is 0.752.